The van der Waals surface area contributed by atoms with Gasteiger partial charge < -0.3 is 80.9 Å². The molecule has 0 spiro atoms. The van der Waals surface area contributed by atoms with Gasteiger partial charge in [0.1, 0.15) is 45.2 Å². The zero-order chi connectivity index (χ0) is 63.0. The number of fused-ring (bicyclic) bond motifs is 8. The number of epoxide rings is 8. The minimum Gasteiger partial charge on any atom is -0.463 e. The maximum Gasteiger partial charge on any atom is 0.312 e. The third-order valence-corrected chi connectivity index (χ3v) is 22.4. The van der Waals surface area contributed by atoms with Gasteiger partial charge in [-0.25, -0.2) is 0 Å². The van der Waals surface area contributed by atoms with Crippen LogP contribution in [0.1, 0.15) is 175 Å². The van der Waals surface area contributed by atoms with E-state index in [0.717, 1.165) is 148 Å². The van der Waals surface area contributed by atoms with Crippen LogP contribution in [-0.4, -0.2) is 210 Å². The fourth-order valence-electron chi connectivity index (χ4n) is 15.9. The Bertz CT molecular complexity index is 2460. The minimum absolute atomic E-state index is 0.0166. The Balaban J connectivity index is 0.000000111. The molecule has 8 saturated heterocycles. The van der Waals surface area contributed by atoms with Crippen molar-refractivity contribution in [3.05, 3.63) is 0 Å². The van der Waals surface area contributed by atoms with Gasteiger partial charge in [-0.1, -0.05) is 0 Å². The standard InChI is InChI=1S/C18H26O6.C17H26O6.C17H26O5.C16H22O6/c1-17(5-3-11-13(9-17)23-11)15(19)21-7-8-22-16(20)18(2)6-4-12-14(10-18)24-12;18-12(8-20-7-10-1-3-13-15(5-10)22-13)9-21-17(19)11-2-4-14-16(6-11)23-14;1-10(8-19-9-11-2-4-13-15(6-11)21-13)20-17(18)12-3-5-14-16(7-12)22-14;17-15(9-1-3-11-13(7-9)21-11)19-5-6-20-16(18)10-2-4-12-14(8-10)22-12/h11-14H,3-10H2,1-2H3;10-16,18H,1-9H2;10-16H,2-9H2,1H3;9-14H,1-8H2. The van der Waals surface area contributed by atoms with Gasteiger partial charge in [0.05, 0.1) is 145 Å². The first-order valence-corrected chi connectivity index (χ1v) is 35.1. The van der Waals surface area contributed by atoms with Crippen LogP contribution in [0.5, 0.6) is 0 Å². The molecule has 16 fully saturated rings. The Morgan fingerprint density at radius 2 is 0.703 bits per heavy atom. The molecule has 23 nitrogen and oxygen atoms in total. The van der Waals surface area contributed by atoms with E-state index in [4.69, 9.17) is 75.8 Å². The number of aliphatic hydroxyl groups excluding tert-OH is 1. The third kappa shape index (κ3) is 18.3. The molecular weight excluding hydrogens is 1180 g/mol. The summed E-state index contributed by atoms with van der Waals surface area (Å²) in [7, 11) is 0. The molecule has 1 N–H and O–H groups in total. The smallest absolute Gasteiger partial charge is 0.312 e. The summed E-state index contributed by atoms with van der Waals surface area (Å²) in [6.45, 7) is 8.46. The number of carbonyl (C=O) groups is 6. The number of hydrogen-bond acceptors (Lipinski definition) is 23. The van der Waals surface area contributed by atoms with Crippen molar-refractivity contribution in [1.29, 1.82) is 0 Å². The molecule has 26 atom stereocenters. The molecule has 91 heavy (non-hydrogen) atoms. The lowest BCUT2D eigenvalue weighted by Gasteiger charge is -2.30. The van der Waals surface area contributed by atoms with E-state index in [1.807, 2.05) is 20.8 Å². The molecule has 0 bridgehead atoms. The summed E-state index contributed by atoms with van der Waals surface area (Å²) >= 11 is 0. The van der Waals surface area contributed by atoms with Crippen LogP contribution in [-0.2, 0) is 105 Å². The van der Waals surface area contributed by atoms with Gasteiger partial charge >= 0.3 is 35.8 Å². The summed E-state index contributed by atoms with van der Waals surface area (Å²) < 4.78 is 87.0. The number of carbonyl (C=O) groups excluding carboxylic acids is 6. The van der Waals surface area contributed by atoms with Crippen molar-refractivity contribution in [2.45, 2.75) is 285 Å². The Morgan fingerprint density at radius 3 is 1.09 bits per heavy atom. The predicted molar refractivity (Wildman–Crippen MR) is 315 cm³/mol. The minimum atomic E-state index is -0.749. The molecule has 16 aliphatic rings. The monoisotopic (exact) mass is 1280 g/mol. The molecule has 8 aliphatic heterocycles. The largest absolute Gasteiger partial charge is 0.463 e. The van der Waals surface area contributed by atoms with Crippen molar-refractivity contribution in [2.75, 3.05) is 59.5 Å². The van der Waals surface area contributed by atoms with Crippen LogP contribution in [0.2, 0.25) is 0 Å². The SMILES string of the molecule is CC(COCC1CCC2OC2C1)OC(=O)C1CCC2OC2C1.CC1(C(=O)OCCOC(=O)C2(C)CCC3OC3C2)CCC2OC2C1.O=C(OCC(O)COCC1CCC2OC2C1)C1CCC2OC2C1.O=C(OCCOC(=O)C1CCC2OC2C1)C1CCC2OC2C1. The molecule has 0 aromatic heterocycles. The summed E-state index contributed by atoms with van der Waals surface area (Å²) in [6.07, 6.45) is 27.1. The number of aliphatic hydroxyl groups is 1. The lowest BCUT2D eigenvalue weighted by molar-refractivity contribution is -0.165. The second-order valence-electron chi connectivity index (χ2n) is 29.9. The number of esters is 6. The highest BCUT2D eigenvalue weighted by Crippen LogP contribution is 2.49. The van der Waals surface area contributed by atoms with E-state index in [0.29, 0.717) is 92.2 Å². The molecule has 0 amide bonds. The molecule has 23 heteroatoms. The van der Waals surface area contributed by atoms with E-state index in [1.165, 1.54) is 12.8 Å². The van der Waals surface area contributed by atoms with Gasteiger partial charge in [-0.15, -0.1) is 0 Å². The molecule has 16 rings (SSSR count). The van der Waals surface area contributed by atoms with Crippen LogP contribution in [0.3, 0.4) is 0 Å². The van der Waals surface area contributed by atoms with Crippen molar-refractivity contribution >= 4 is 35.8 Å². The van der Waals surface area contributed by atoms with E-state index in [-0.39, 0.29) is 136 Å². The average molecular weight is 1290 g/mol. The number of ether oxygens (including phenoxy) is 16. The highest BCUT2D eigenvalue weighted by atomic mass is 16.6. The van der Waals surface area contributed by atoms with Crippen molar-refractivity contribution in [3.63, 3.8) is 0 Å². The lowest BCUT2D eigenvalue weighted by Crippen LogP contribution is -2.37. The highest BCUT2D eigenvalue weighted by molar-refractivity contribution is 5.78. The maximum atomic E-state index is 12.3. The van der Waals surface area contributed by atoms with Crippen LogP contribution in [0.25, 0.3) is 0 Å². The maximum absolute atomic E-state index is 12.3. The Labute approximate surface area is 534 Å². The van der Waals surface area contributed by atoms with Crippen molar-refractivity contribution < 1.29 is 110 Å². The summed E-state index contributed by atoms with van der Waals surface area (Å²) in [4.78, 5) is 72.6. The van der Waals surface area contributed by atoms with Crippen LogP contribution >= 0.6 is 0 Å². The van der Waals surface area contributed by atoms with Crippen molar-refractivity contribution in [2.24, 2.45) is 46.3 Å². The second kappa shape index (κ2) is 29.0. The van der Waals surface area contributed by atoms with E-state index in [1.54, 1.807) is 0 Å². The zero-order valence-electron chi connectivity index (χ0n) is 53.6. The fraction of sp³-hybridized carbons (Fsp3) is 0.912. The summed E-state index contributed by atoms with van der Waals surface area (Å²) in [5.41, 5.74) is -0.926. The van der Waals surface area contributed by atoms with Gasteiger partial charge in [0.2, 0.25) is 0 Å². The van der Waals surface area contributed by atoms with Gasteiger partial charge in [0, 0.05) is 13.2 Å². The summed E-state index contributed by atoms with van der Waals surface area (Å²) in [5.74, 6) is -0.0714. The van der Waals surface area contributed by atoms with Gasteiger partial charge in [0.25, 0.3) is 0 Å². The van der Waals surface area contributed by atoms with Crippen molar-refractivity contribution in [3.8, 4) is 0 Å². The van der Waals surface area contributed by atoms with Crippen molar-refractivity contribution in [1.82, 2.24) is 0 Å². The first-order chi connectivity index (χ1) is 44.0. The van der Waals surface area contributed by atoms with Crippen LogP contribution in [0, 0.1) is 46.3 Å². The lowest BCUT2D eigenvalue weighted by atomic mass is 9.76. The van der Waals surface area contributed by atoms with Gasteiger partial charge in [-0.05, 0) is 187 Å². The number of hydrogen-bond donors (Lipinski definition) is 1. The van der Waals surface area contributed by atoms with E-state index >= 15 is 0 Å². The molecule has 510 valence electrons. The zero-order valence-corrected chi connectivity index (χ0v) is 53.6. The molecule has 26 unspecified atom stereocenters. The van der Waals surface area contributed by atoms with Crippen LogP contribution in [0.15, 0.2) is 0 Å². The highest BCUT2D eigenvalue weighted by Gasteiger charge is 2.55. The van der Waals surface area contributed by atoms with Crippen LogP contribution in [0.4, 0.5) is 0 Å². The molecule has 0 aromatic carbocycles. The quantitative estimate of drug-likeness (QED) is 0.0507. The first kappa shape index (κ1) is 66.0. The Kier molecular flexibility index (Phi) is 21.0. The summed E-state index contributed by atoms with van der Waals surface area (Å²) in [6, 6.07) is 0. The van der Waals surface area contributed by atoms with E-state index < -0.39 is 16.9 Å². The molecule has 8 aliphatic carbocycles. The Hall–Kier alpha value is -3.62. The molecule has 0 aromatic rings. The summed E-state index contributed by atoms with van der Waals surface area (Å²) in [5, 5.41) is 9.89. The van der Waals surface area contributed by atoms with Gasteiger partial charge in [-0.2, -0.15) is 0 Å². The normalized spacial score (nSPS) is 43.4. The van der Waals surface area contributed by atoms with Crippen LogP contribution < -0.4 is 0 Å². The second-order valence-corrected chi connectivity index (χ2v) is 29.9. The molecule has 0 radical (unpaired) electrons. The fourth-order valence-corrected chi connectivity index (χ4v) is 15.9. The van der Waals surface area contributed by atoms with E-state index in [2.05, 4.69) is 0 Å². The average Bonchev–Trinajstić information content (AvgIpc) is 3.26. The van der Waals surface area contributed by atoms with E-state index in [9.17, 15) is 33.9 Å². The molecule has 8 saturated carbocycles. The predicted octanol–water partition coefficient (Wildman–Crippen LogP) is 6.31. The Morgan fingerprint density at radius 1 is 0.374 bits per heavy atom. The van der Waals surface area contributed by atoms with Gasteiger partial charge in [-0.3, -0.25) is 28.8 Å². The first-order valence-electron chi connectivity index (χ1n) is 35.1. The topological polar surface area (TPSA) is 297 Å². The third-order valence-electron chi connectivity index (χ3n) is 22.4. The number of rotatable bonds is 23. The molecular formula is C68H100O23. The molecule has 8 heterocycles. The van der Waals surface area contributed by atoms with Gasteiger partial charge in [0.15, 0.2) is 0 Å².